The van der Waals surface area contributed by atoms with Crippen LogP contribution in [-0.2, 0) is 23.0 Å². The van der Waals surface area contributed by atoms with Gasteiger partial charge in [0.2, 0.25) is 0 Å². The predicted molar refractivity (Wildman–Crippen MR) is 118 cm³/mol. The number of aromatic nitrogens is 1. The molecule has 7 nitrogen and oxygen atoms in total. The molecule has 1 aromatic heterocycles. The summed E-state index contributed by atoms with van der Waals surface area (Å²) in [5.41, 5.74) is 1.51. The summed E-state index contributed by atoms with van der Waals surface area (Å²) in [6, 6.07) is 12.5. The molecule has 9 heteroatoms. The van der Waals surface area contributed by atoms with E-state index >= 15 is 0 Å². The van der Waals surface area contributed by atoms with Gasteiger partial charge in [0.05, 0.1) is 29.3 Å². The zero-order valence-corrected chi connectivity index (χ0v) is 18.6. The van der Waals surface area contributed by atoms with Gasteiger partial charge in [-0.15, -0.1) is 11.3 Å². The molecule has 2 aromatic carbocycles. The van der Waals surface area contributed by atoms with E-state index in [1.807, 2.05) is 12.3 Å². The fourth-order valence-corrected chi connectivity index (χ4v) is 4.63. The van der Waals surface area contributed by atoms with Crippen LogP contribution in [0.15, 0.2) is 58.8 Å². The minimum atomic E-state index is -3.85. The minimum absolute atomic E-state index is 0.0134. The molecule has 158 valence electrons. The molecule has 1 amide bonds. The smallest absolute Gasteiger partial charge is 0.261 e. The Labute approximate surface area is 180 Å². The van der Waals surface area contributed by atoms with Crippen LogP contribution in [0, 0.1) is 0 Å². The van der Waals surface area contributed by atoms with Gasteiger partial charge in [0, 0.05) is 23.7 Å². The van der Waals surface area contributed by atoms with Crippen LogP contribution in [0.25, 0.3) is 0 Å². The van der Waals surface area contributed by atoms with E-state index in [4.69, 9.17) is 4.74 Å². The molecule has 0 atom stereocenters. The number of anilines is 1. The average Bonchev–Trinajstić information content (AvgIpc) is 3.21. The van der Waals surface area contributed by atoms with Gasteiger partial charge in [-0.3, -0.25) is 9.52 Å². The molecule has 0 spiro atoms. The highest BCUT2D eigenvalue weighted by Crippen LogP contribution is 2.21. The van der Waals surface area contributed by atoms with Gasteiger partial charge in [0.15, 0.2) is 0 Å². The summed E-state index contributed by atoms with van der Waals surface area (Å²) in [5.74, 6) is 0.349. The third-order valence-electron chi connectivity index (χ3n) is 4.38. The van der Waals surface area contributed by atoms with Crippen LogP contribution in [0.3, 0.4) is 0 Å². The Morgan fingerprint density at radius 2 is 1.93 bits per heavy atom. The standard InChI is InChI=1S/C21H23N3O4S2/c1-4-20-22-17(14-29-20)13-24(2)21(25)15-6-5-7-19(12-15)30(26,27)23-16-8-10-18(28-3)11-9-16/h5-12,14,23H,4,13H2,1-3H3. The molecule has 30 heavy (non-hydrogen) atoms. The van der Waals surface area contributed by atoms with E-state index in [0.29, 0.717) is 23.5 Å². The number of sulfonamides is 1. The molecule has 0 aliphatic carbocycles. The summed E-state index contributed by atoms with van der Waals surface area (Å²) < 4.78 is 33.1. The molecule has 0 bridgehead atoms. The second-order valence-corrected chi connectivity index (χ2v) is 9.23. The predicted octanol–water partition coefficient (Wildman–Crippen LogP) is 3.79. The lowest BCUT2D eigenvalue weighted by molar-refractivity contribution is 0.0783. The van der Waals surface area contributed by atoms with Crippen molar-refractivity contribution in [3.63, 3.8) is 0 Å². The third kappa shape index (κ3) is 5.17. The Balaban J connectivity index is 1.75. The summed E-state index contributed by atoms with van der Waals surface area (Å²) in [6.07, 6.45) is 0.851. The van der Waals surface area contributed by atoms with Crippen LogP contribution in [-0.4, -0.2) is 38.4 Å². The lowest BCUT2D eigenvalue weighted by Crippen LogP contribution is -2.26. The Bertz CT molecular complexity index is 1130. The Kier molecular flexibility index (Phi) is 6.73. The largest absolute Gasteiger partial charge is 0.497 e. The van der Waals surface area contributed by atoms with E-state index in [1.165, 1.54) is 24.1 Å². The number of aryl methyl sites for hydroxylation is 1. The van der Waals surface area contributed by atoms with E-state index in [1.54, 1.807) is 54.8 Å². The molecule has 1 N–H and O–H groups in total. The molecular formula is C21H23N3O4S2. The number of hydrogen-bond acceptors (Lipinski definition) is 6. The maximum Gasteiger partial charge on any atom is 0.261 e. The first-order chi connectivity index (χ1) is 14.3. The number of nitrogens with one attached hydrogen (secondary N) is 1. The normalized spacial score (nSPS) is 11.2. The fourth-order valence-electron chi connectivity index (χ4n) is 2.79. The number of hydrogen-bond donors (Lipinski definition) is 1. The number of rotatable bonds is 8. The lowest BCUT2D eigenvalue weighted by Gasteiger charge is -2.16. The number of ether oxygens (including phenoxy) is 1. The Hall–Kier alpha value is -2.91. The highest BCUT2D eigenvalue weighted by molar-refractivity contribution is 7.92. The highest BCUT2D eigenvalue weighted by atomic mass is 32.2. The minimum Gasteiger partial charge on any atom is -0.497 e. The summed E-state index contributed by atoms with van der Waals surface area (Å²) in [7, 11) is -0.638. The number of amides is 1. The van der Waals surface area contributed by atoms with Gasteiger partial charge in [-0.25, -0.2) is 13.4 Å². The van der Waals surface area contributed by atoms with Gasteiger partial charge in [-0.1, -0.05) is 13.0 Å². The fraction of sp³-hybridized carbons (Fsp3) is 0.238. The van der Waals surface area contributed by atoms with Crippen LogP contribution in [0.1, 0.15) is 28.0 Å². The van der Waals surface area contributed by atoms with Crippen LogP contribution in [0.4, 0.5) is 5.69 Å². The van der Waals surface area contributed by atoms with Crippen molar-refractivity contribution in [2.24, 2.45) is 0 Å². The second kappa shape index (κ2) is 9.27. The van der Waals surface area contributed by atoms with Crippen LogP contribution >= 0.6 is 11.3 Å². The Morgan fingerprint density at radius 1 is 1.20 bits per heavy atom. The van der Waals surface area contributed by atoms with Crippen molar-refractivity contribution in [3.8, 4) is 5.75 Å². The van der Waals surface area contributed by atoms with Gasteiger partial charge in [-0.2, -0.15) is 0 Å². The van der Waals surface area contributed by atoms with E-state index in [-0.39, 0.29) is 10.8 Å². The molecular weight excluding hydrogens is 422 g/mol. The average molecular weight is 446 g/mol. The van der Waals surface area contributed by atoms with Crippen molar-refractivity contribution in [2.75, 3.05) is 18.9 Å². The van der Waals surface area contributed by atoms with Crippen LogP contribution in [0.5, 0.6) is 5.75 Å². The maximum absolute atomic E-state index is 12.8. The van der Waals surface area contributed by atoms with E-state index in [9.17, 15) is 13.2 Å². The molecule has 0 aliphatic heterocycles. The van der Waals surface area contributed by atoms with Crippen molar-refractivity contribution in [1.29, 1.82) is 0 Å². The molecule has 0 unspecified atom stereocenters. The molecule has 0 radical (unpaired) electrons. The molecule has 0 aliphatic rings. The number of carbonyl (C=O) groups is 1. The molecule has 0 fully saturated rings. The van der Waals surface area contributed by atoms with Gasteiger partial charge in [0.1, 0.15) is 5.75 Å². The van der Waals surface area contributed by atoms with Gasteiger partial charge in [0.25, 0.3) is 15.9 Å². The maximum atomic E-state index is 12.8. The molecule has 0 saturated carbocycles. The van der Waals surface area contributed by atoms with Crippen molar-refractivity contribution >= 4 is 33.0 Å². The van der Waals surface area contributed by atoms with E-state index in [2.05, 4.69) is 9.71 Å². The first-order valence-electron chi connectivity index (χ1n) is 9.28. The quantitative estimate of drug-likeness (QED) is 0.570. The Morgan fingerprint density at radius 3 is 2.57 bits per heavy atom. The SMILES string of the molecule is CCc1nc(CN(C)C(=O)c2cccc(S(=O)(=O)Nc3ccc(OC)cc3)c2)cs1. The van der Waals surface area contributed by atoms with Crippen molar-refractivity contribution in [3.05, 3.63) is 70.2 Å². The number of nitrogens with zero attached hydrogens (tertiary/aromatic N) is 2. The number of carbonyl (C=O) groups excluding carboxylic acids is 1. The summed E-state index contributed by atoms with van der Waals surface area (Å²) in [4.78, 5) is 18.8. The summed E-state index contributed by atoms with van der Waals surface area (Å²) in [5, 5.41) is 2.95. The zero-order chi connectivity index (χ0) is 21.7. The summed E-state index contributed by atoms with van der Waals surface area (Å²) in [6.45, 7) is 2.39. The second-order valence-electron chi connectivity index (χ2n) is 6.61. The van der Waals surface area contributed by atoms with Crippen LogP contribution < -0.4 is 9.46 Å². The first kappa shape index (κ1) is 21.8. The van der Waals surface area contributed by atoms with Crippen molar-refractivity contribution in [2.45, 2.75) is 24.8 Å². The third-order valence-corrected chi connectivity index (χ3v) is 6.80. The summed E-state index contributed by atoms with van der Waals surface area (Å²) >= 11 is 1.56. The monoisotopic (exact) mass is 445 g/mol. The van der Waals surface area contributed by atoms with Crippen LogP contribution in [0.2, 0.25) is 0 Å². The molecule has 3 rings (SSSR count). The van der Waals surface area contributed by atoms with Gasteiger partial charge >= 0.3 is 0 Å². The lowest BCUT2D eigenvalue weighted by atomic mass is 10.2. The van der Waals surface area contributed by atoms with Gasteiger partial charge in [-0.05, 0) is 48.9 Å². The molecule has 1 heterocycles. The first-order valence-corrected chi connectivity index (χ1v) is 11.6. The van der Waals surface area contributed by atoms with E-state index < -0.39 is 10.0 Å². The molecule has 0 saturated heterocycles. The van der Waals surface area contributed by atoms with E-state index in [0.717, 1.165) is 17.1 Å². The zero-order valence-electron chi connectivity index (χ0n) is 17.0. The number of thiazole rings is 1. The van der Waals surface area contributed by atoms with Crippen molar-refractivity contribution in [1.82, 2.24) is 9.88 Å². The van der Waals surface area contributed by atoms with Crippen molar-refractivity contribution < 1.29 is 17.9 Å². The topological polar surface area (TPSA) is 88.6 Å². The molecule has 3 aromatic rings. The number of benzene rings is 2. The number of methoxy groups -OCH3 is 1. The highest BCUT2D eigenvalue weighted by Gasteiger charge is 2.19. The van der Waals surface area contributed by atoms with Gasteiger partial charge < -0.3 is 9.64 Å².